The average molecular weight is 448 g/mol. The van der Waals surface area contributed by atoms with Gasteiger partial charge >= 0.3 is 0 Å². The van der Waals surface area contributed by atoms with Crippen molar-refractivity contribution in [3.8, 4) is 11.8 Å². The Labute approximate surface area is 181 Å². The van der Waals surface area contributed by atoms with Crippen LogP contribution >= 0.6 is 11.6 Å². The van der Waals surface area contributed by atoms with E-state index in [4.69, 9.17) is 21.6 Å². The molecule has 0 spiro atoms. The topological polar surface area (TPSA) is 99.5 Å². The molecule has 1 heterocycles. The fourth-order valence-corrected chi connectivity index (χ4v) is 5.20. The van der Waals surface area contributed by atoms with Crippen molar-refractivity contribution in [3.63, 3.8) is 0 Å². The fraction of sp³-hybridized carbons (Fsp3) is 0.333. The normalized spacial score (nSPS) is 17.2. The third kappa shape index (κ3) is 4.93. The van der Waals surface area contributed by atoms with Crippen LogP contribution in [0.2, 0.25) is 5.02 Å². The van der Waals surface area contributed by atoms with E-state index in [1.165, 1.54) is 22.5 Å². The van der Waals surface area contributed by atoms with E-state index in [2.05, 4.69) is 5.32 Å². The summed E-state index contributed by atoms with van der Waals surface area (Å²) in [6, 6.07) is 13.0. The quantitative estimate of drug-likeness (QED) is 0.728. The lowest BCUT2D eigenvalue weighted by atomic mass is 9.98. The van der Waals surface area contributed by atoms with E-state index in [0.29, 0.717) is 43.0 Å². The molecule has 30 heavy (non-hydrogen) atoms. The molecule has 7 nitrogen and oxygen atoms in total. The van der Waals surface area contributed by atoms with E-state index < -0.39 is 15.9 Å². The van der Waals surface area contributed by atoms with Gasteiger partial charge in [-0.2, -0.15) is 9.57 Å². The minimum Gasteiger partial charge on any atom is -0.492 e. The molecule has 0 aromatic heterocycles. The molecule has 1 amide bonds. The number of sulfonamides is 1. The number of carbonyl (C=O) groups excluding carboxylic acids is 1. The molecule has 2 aromatic rings. The van der Waals surface area contributed by atoms with Crippen molar-refractivity contribution in [2.45, 2.75) is 24.7 Å². The summed E-state index contributed by atoms with van der Waals surface area (Å²) in [7, 11) is -3.80. The standard InChI is InChI=1S/C21H22ClN3O4S/c1-2-29-20-9-8-18(12-19(20)22)30(27,28)25-10-4-6-16(14-25)21(26)24-17-7-3-5-15(11-17)13-23/h3,5,7-9,11-12,16H,2,4,6,10,14H2,1H3,(H,24,26)/t16-/m1/s1. The number of nitrogens with one attached hydrogen (secondary N) is 1. The van der Waals surface area contributed by atoms with Crippen molar-refractivity contribution in [2.24, 2.45) is 5.92 Å². The summed E-state index contributed by atoms with van der Waals surface area (Å²) in [6.07, 6.45) is 1.15. The number of nitriles is 1. The van der Waals surface area contributed by atoms with Crippen molar-refractivity contribution < 1.29 is 17.9 Å². The van der Waals surface area contributed by atoms with Crippen LogP contribution in [-0.2, 0) is 14.8 Å². The molecule has 1 saturated heterocycles. The van der Waals surface area contributed by atoms with Crippen molar-refractivity contribution >= 4 is 33.2 Å². The molecule has 9 heteroatoms. The number of hydrogen-bond donors (Lipinski definition) is 1. The molecule has 0 bridgehead atoms. The molecule has 0 radical (unpaired) electrons. The lowest BCUT2D eigenvalue weighted by molar-refractivity contribution is -0.120. The first-order chi connectivity index (χ1) is 14.3. The van der Waals surface area contributed by atoms with E-state index in [1.807, 2.05) is 13.0 Å². The number of anilines is 1. The Morgan fingerprint density at radius 2 is 2.13 bits per heavy atom. The zero-order valence-electron chi connectivity index (χ0n) is 16.5. The highest BCUT2D eigenvalue weighted by molar-refractivity contribution is 7.89. The number of halogens is 1. The molecule has 1 aliphatic rings. The Morgan fingerprint density at radius 3 is 2.83 bits per heavy atom. The Kier molecular flexibility index (Phi) is 6.98. The summed E-state index contributed by atoms with van der Waals surface area (Å²) >= 11 is 6.15. The van der Waals surface area contributed by atoms with Crippen LogP contribution in [0, 0.1) is 17.2 Å². The van der Waals surface area contributed by atoms with Gasteiger partial charge in [-0.25, -0.2) is 8.42 Å². The van der Waals surface area contributed by atoms with Gasteiger partial charge in [-0.1, -0.05) is 17.7 Å². The van der Waals surface area contributed by atoms with Crippen LogP contribution in [0.25, 0.3) is 0 Å². The SMILES string of the molecule is CCOc1ccc(S(=O)(=O)N2CCC[C@@H](C(=O)Nc3cccc(C#N)c3)C2)cc1Cl. The molecular weight excluding hydrogens is 426 g/mol. The third-order valence-electron chi connectivity index (χ3n) is 4.86. The predicted octanol–water partition coefficient (Wildman–Crippen LogP) is 3.65. The van der Waals surface area contributed by atoms with Gasteiger partial charge in [0.05, 0.1) is 34.1 Å². The predicted molar refractivity (Wildman–Crippen MR) is 114 cm³/mol. The molecule has 1 fully saturated rings. The van der Waals surface area contributed by atoms with Crippen molar-refractivity contribution in [1.82, 2.24) is 4.31 Å². The number of amides is 1. The van der Waals surface area contributed by atoms with Gasteiger partial charge < -0.3 is 10.1 Å². The summed E-state index contributed by atoms with van der Waals surface area (Å²) in [6.45, 7) is 2.65. The Morgan fingerprint density at radius 1 is 1.33 bits per heavy atom. The molecule has 1 atom stereocenters. The summed E-state index contributed by atoms with van der Waals surface area (Å²) in [5, 5.41) is 12.0. The van der Waals surface area contributed by atoms with Crippen LogP contribution in [0.3, 0.4) is 0 Å². The highest BCUT2D eigenvalue weighted by atomic mass is 35.5. The maximum absolute atomic E-state index is 13.1. The van der Waals surface area contributed by atoms with Crippen LogP contribution < -0.4 is 10.1 Å². The number of carbonyl (C=O) groups is 1. The van der Waals surface area contributed by atoms with Crippen molar-refractivity contribution in [1.29, 1.82) is 5.26 Å². The molecule has 0 unspecified atom stereocenters. The van der Waals surface area contributed by atoms with Gasteiger partial charge in [0, 0.05) is 18.8 Å². The highest BCUT2D eigenvalue weighted by Gasteiger charge is 2.33. The lowest BCUT2D eigenvalue weighted by Crippen LogP contribution is -2.43. The Balaban J connectivity index is 1.73. The first kappa shape index (κ1) is 22.1. The second-order valence-electron chi connectivity index (χ2n) is 6.91. The number of piperidine rings is 1. The highest BCUT2D eigenvalue weighted by Crippen LogP contribution is 2.30. The number of rotatable bonds is 6. The maximum Gasteiger partial charge on any atom is 0.243 e. The van der Waals surface area contributed by atoms with E-state index in [-0.39, 0.29) is 22.4 Å². The van der Waals surface area contributed by atoms with Gasteiger partial charge in [0.2, 0.25) is 15.9 Å². The monoisotopic (exact) mass is 447 g/mol. The minimum atomic E-state index is -3.80. The summed E-state index contributed by atoms with van der Waals surface area (Å²) in [5.74, 6) is -0.333. The van der Waals surface area contributed by atoms with Crippen molar-refractivity contribution in [3.05, 3.63) is 53.1 Å². The Bertz CT molecular complexity index is 1080. The molecule has 0 saturated carbocycles. The molecule has 0 aliphatic carbocycles. The lowest BCUT2D eigenvalue weighted by Gasteiger charge is -2.31. The molecule has 158 valence electrons. The average Bonchev–Trinajstić information content (AvgIpc) is 2.75. The van der Waals surface area contributed by atoms with Gasteiger partial charge in [0.1, 0.15) is 5.75 Å². The summed E-state index contributed by atoms with van der Waals surface area (Å²) in [4.78, 5) is 12.8. The molecule has 1 aliphatic heterocycles. The fourth-order valence-electron chi connectivity index (χ4n) is 3.35. The van der Waals surface area contributed by atoms with Crippen LogP contribution in [0.1, 0.15) is 25.3 Å². The first-order valence-corrected chi connectivity index (χ1v) is 11.4. The number of benzene rings is 2. The second-order valence-corrected chi connectivity index (χ2v) is 9.25. The Hall–Kier alpha value is -2.60. The minimum absolute atomic E-state index is 0.0683. The number of nitrogens with zero attached hydrogens (tertiary/aromatic N) is 2. The van der Waals surface area contributed by atoms with Crippen molar-refractivity contribution in [2.75, 3.05) is 25.0 Å². The summed E-state index contributed by atoms with van der Waals surface area (Å²) in [5.41, 5.74) is 0.949. The van der Waals surface area contributed by atoms with Crippen LogP contribution in [0.15, 0.2) is 47.4 Å². The van der Waals surface area contributed by atoms with Crippen LogP contribution in [-0.4, -0.2) is 38.3 Å². The van der Waals surface area contributed by atoms with Gasteiger partial charge in [0.15, 0.2) is 0 Å². The van der Waals surface area contributed by atoms with Gasteiger partial charge in [0.25, 0.3) is 0 Å². The van der Waals surface area contributed by atoms with Gasteiger partial charge in [-0.3, -0.25) is 4.79 Å². The maximum atomic E-state index is 13.1. The molecular formula is C21H22ClN3O4S. The second kappa shape index (κ2) is 9.47. The third-order valence-corrected chi connectivity index (χ3v) is 7.01. The van der Waals surface area contributed by atoms with E-state index in [9.17, 15) is 13.2 Å². The van der Waals surface area contributed by atoms with Crippen LogP contribution in [0.5, 0.6) is 5.75 Å². The van der Waals surface area contributed by atoms with E-state index in [1.54, 1.807) is 24.3 Å². The molecule has 2 aromatic carbocycles. The van der Waals surface area contributed by atoms with Gasteiger partial charge in [-0.15, -0.1) is 0 Å². The largest absolute Gasteiger partial charge is 0.492 e. The zero-order chi connectivity index (χ0) is 21.7. The smallest absolute Gasteiger partial charge is 0.243 e. The van der Waals surface area contributed by atoms with E-state index in [0.717, 1.165) is 0 Å². The van der Waals surface area contributed by atoms with Gasteiger partial charge in [-0.05, 0) is 56.2 Å². The van der Waals surface area contributed by atoms with E-state index >= 15 is 0 Å². The summed E-state index contributed by atoms with van der Waals surface area (Å²) < 4.78 is 32.8. The molecule has 1 N–H and O–H groups in total. The van der Waals surface area contributed by atoms with Crippen LogP contribution in [0.4, 0.5) is 5.69 Å². The number of hydrogen-bond acceptors (Lipinski definition) is 5. The zero-order valence-corrected chi connectivity index (χ0v) is 18.0. The first-order valence-electron chi connectivity index (χ1n) is 9.58. The number of ether oxygens (including phenoxy) is 1. The molecule has 3 rings (SSSR count).